The quantitative estimate of drug-likeness (QED) is 0.160. The molecule has 1 nitrogen and oxygen atoms in total. The molecular formula is C52H35NS. The van der Waals surface area contributed by atoms with E-state index >= 15 is 0 Å². The lowest BCUT2D eigenvalue weighted by molar-refractivity contribution is 1.29. The zero-order valence-corrected chi connectivity index (χ0v) is 30.4. The Hall–Kier alpha value is -6.74. The van der Waals surface area contributed by atoms with Crippen molar-refractivity contribution in [3.8, 4) is 44.5 Å². The molecule has 0 aliphatic carbocycles. The number of hydrogen-bond donors (Lipinski definition) is 0. The van der Waals surface area contributed by atoms with E-state index in [4.69, 9.17) is 0 Å². The van der Waals surface area contributed by atoms with Crippen LogP contribution in [0.15, 0.2) is 212 Å². The van der Waals surface area contributed by atoms with Gasteiger partial charge in [-0.3, -0.25) is 0 Å². The minimum atomic E-state index is 1.11. The Bertz CT molecular complexity index is 2880. The van der Waals surface area contributed by atoms with Crippen LogP contribution in [-0.4, -0.2) is 0 Å². The molecule has 0 saturated carbocycles. The molecule has 0 fully saturated rings. The van der Waals surface area contributed by atoms with Crippen molar-refractivity contribution in [1.29, 1.82) is 0 Å². The summed E-state index contributed by atoms with van der Waals surface area (Å²) in [6, 6.07) is 77.1. The SMILES string of the molecule is c1ccc(-c2ccc(-c3cccc4sc5ccc(N(c6ccc(-c7ccccc7)cc6)c6ccc(-c7cccc8ccccc78)cc6)cc5c34)cc2)cc1. The first-order valence-corrected chi connectivity index (χ1v) is 19.2. The molecule has 0 radical (unpaired) electrons. The van der Waals surface area contributed by atoms with Crippen LogP contribution in [0, 0.1) is 0 Å². The van der Waals surface area contributed by atoms with Crippen molar-refractivity contribution in [2.24, 2.45) is 0 Å². The lowest BCUT2D eigenvalue weighted by Crippen LogP contribution is -2.09. The van der Waals surface area contributed by atoms with E-state index in [0.29, 0.717) is 0 Å². The topological polar surface area (TPSA) is 3.24 Å². The molecule has 10 aromatic rings. The highest BCUT2D eigenvalue weighted by atomic mass is 32.1. The molecule has 0 saturated heterocycles. The molecule has 54 heavy (non-hydrogen) atoms. The van der Waals surface area contributed by atoms with Crippen LogP contribution in [0.4, 0.5) is 17.1 Å². The number of rotatable bonds is 7. The molecule has 0 spiro atoms. The van der Waals surface area contributed by atoms with E-state index in [-0.39, 0.29) is 0 Å². The van der Waals surface area contributed by atoms with Crippen molar-refractivity contribution in [1.82, 2.24) is 0 Å². The van der Waals surface area contributed by atoms with E-state index < -0.39 is 0 Å². The third kappa shape index (κ3) is 5.84. The Balaban J connectivity index is 1.10. The van der Waals surface area contributed by atoms with Crippen molar-refractivity contribution in [3.05, 3.63) is 212 Å². The van der Waals surface area contributed by atoms with Crippen LogP contribution in [0.25, 0.3) is 75.5 Å². The summed E-state index contributed by atoms with van der Waals surface area (Å²) in [5.74, 6) is 0. The summed E-state index contributed by atoms with van der Waals surface area (Å²) in [6.07, 6.45) is 0. The van der Waals surface area contributed by atoms with Gasteiger partial charge >= 0.3 is 0 Å². The number of anilines is 3. The van der Waals surface area contributed by atoms with Gasteiger partial charge in [-0.05, 0) is 104 Å². The minimum absolute atomic E-state index is 1.11. The lowest BCUT2D eigenvalue weighted by atomic mass is 9.96. The molecule has 1 heterocycles. The fourth-order valence-electron chi connectivity index (χ4n) is 7.82. The third-order valence-electron chi connectivity index (χ3n) is 10.5. The summed E-state index contributed by atoms with van der Waals surface area (Å²) in [6.45, 7) is 0. The monoisotopic (exact) mass is 705 g/mol. The van der Waals surface area contributed by atoms with E-state index in [0.717, 1.165) is 17.1 Å². The van der Waals surface area contributed by atoms with Gasteiger partial charge in [0.15, 0.2) is 0 Å². The maximum Gasteiger partial charge on any atom is 0.0468 e. The van der Waals surface area contributed by atoms with Crippen LogP contribution in [0.2, 0.25) is 0 Å². The van der Waals surface area contributed by atoms with Crippen molar-refractivity contribution in [2.75, 3.05) is 4.90 Å². The van der Waals surface area contributed by atoms with Crippen molar-refractivity contribution < 1.29 is 0 Å². The molecule has 0 aliphatic heterocycles. The molecule has 10 rings (SSSR count). The van der Waals surface area contributed by atoms with Gasteiger partial charge in [0.25, 0.3) is 0 Å². The summed E-state index contributed by atoms with van der Waals surface area (Å²) in [5.41, 5.74) is 13.2. The van der Waals surface area contributed by atoms with E-state index in [1.165, 1.54) is 75.5 Å². The predicted octanol–water partition coefficient (Wildman–Crippen LogP) is 15.3. The molecule has 254 valence electrons. The van der Waals surface area contributed by atoms with Crippen molar-refractivity contribution in [2.45, 2.75) is 0 Å². The summed E-state index contributed by atoms with van der Waals surface area (Å²) in [7, 11) is 0. The highest BCUT2D eigenvalue weighted by Gasteiger charge is 2.17. The van der Waals surface area contributed by atoms with Gasteiger partial charge in [0.2, 0.25) is 0 Å². The van der Waals surface area contributed by atoms with E-state index in [1.807, 2.05) is 11.3 Å². The van der Waals surface area contributed by atoms with Gasteiger partial charge in [-0.25, -0.2) is 0 Å². The molecule has 0 amide bonds. The number of hydrogen-bond acceptors (Lipinski definition) is 2. The highest BCUT2D eigenvalue weighted by Crippen LogP contribution is 2.44. The van der Waals surface area contributed by atoms with Gasteiger partial charge in [0.1, 0.15) is 0 Å². The Kier molecular flexibility index (Phi) is 8.09. The molecule has 2 heteroatoms. The van der Waals surface area contributed by atoms with Gasteiger partial charge < -0.3 is 4.90 Å². The number of thiophene rings is 1. The molecule has 0 aliphatic rings. The number of nitrogens with zero attached hydrogens (tertiary/aromatic N) is 1. The normalized spacial score (nSPS) is 11.3. The van der Waals surface area contributed by atoms with Crippen LogP contribution in [0.3, 0.4) is 0 Å². The first kappa shape index (κ1) is 32.0. The zero-order chi connectivity index (χ0) is 35.8. The third-order valence-corrected chi connectivity index (χ3v) is 11.6. The lowest BCUT2D eigenvalue weighted by Gasteiger charge is -2.26. The molecule has 0 unspecified atom stereocenters. The maximum absolute atomic E-state index is 2.39. The Morgan fingerprint density at radius 1 is 0.296 bits per heavy atom. The molecular weight excluding hydrogens is 671 g/mol. The minimum Gasteiger partial charge on any atom is -0.310 e. The summed E-state index contributed by atoms with van der Waals surface area (Å²) in [4.78, 5) is 2.39. The summed E-state index contributed by atoms with van der Waals surface area (Å²) in [5, 5.41) is 5.09. The highest BCUT2D eigenvalue weighted by molar-refractivity contribution is 7.26. The average Bonchev–Trinajstić information content (AvgIpc) is 3.63. The Labute approximate surface area is 319 Å². The van der Waals surface area contributed by atoms with Crippen molar-refractivity contribution in [3.63, 3.8) is 0 Å². The van der Waals surface area contributed by atoms with E-state index in [2.05, 4.69) is 217 Å². The maximum atomic E-state index is 2.39. The fraction of sp³-hybridized carbons (Fsp3) is 0. The van der Waals surface area contributed by atoms with Crippen LogP contribution in [0.1, 0.15) is 0 Å². The average molecular weight is 706 g/mol. The summed E-state index contributed by atoms with van der Waals surface area (Å²) < 4.78 is 2.58. The second kappa shape index (κ2) is 13.7. The van der Waals surface area contributed by atoms with Gasteiger partial charge in [-0.2, -0.15) is 0 Å². The van der Waals surface area contributed by atoms with Crippen LogP contribution in [0.5, 0.6) is 0 Å². The molecule has 0 atom stereocenters. The first-order valence-electron chi connectivity index (χ1n) is 18.4. The Morgan fingerprint density at radius 3 is 1.46 bits per heavy atom. The second-order valence-corrected chi connectivity index (χ2v) is 14.8. The van der Waals surface area contributed by atoms with Crippen LogP contribution >= 0.6 is 11.3 Å². The number of benzene rings is 9. The van der Waals surface area contributed by atoms with Gasteiger partial charge in [-0.15, -0.1) is 11.3 Å². The van der Waals surface area contributed by atoms with Gasteiger partial charge in [-0.1, -0.05) is 164 Å². The Morgan fingerprint density at radius 2 is 0.778 bits per heavy atom. The summed E-state index contributed by atoms with van der Waals surface area (Å²) >= 11 is 1.86. The van der Waals surface area contributed by atoms with Gasteiger partial charge in [0.05, 0.1) is 0 Å². The predicted molar refractivity (Wildman–Crippen MR) is 233 cm³/mol. The van der Waals surface area contributed by atoms with E-state index in [1.54, 1.807) is 0 Å². The largest absolute Gasteiger partial charge is 0.310 e. The number of fused-ring (bicyclic) bond motifs is 4. The molecule has 1 aromatic heterocycles. The van der Waals surface area contributed by atoms with Gasteiger partial charge in [0, 0.05) is 37.2 Å². The zero-order valence-electron chi connectivity index (χ0n) is 29.6. The van der Waals surface area contributed by atoms with Crippen LogP contribution in [-0.2, 0) is 0 Å². The first-order chi connectivity index (χ1) is 26.8. The van der Waals surface area contributed by atoms with E-state index in [9.17, 15) is 0 Å². The second-order valence-electron chi connectivity index (χ2n) is 13.7. The standard InChI is InChI=1S/C52H35NS/c1-3-11-36(12-4-1)38-21-23-42(24-22-38)48-19-10-20-51-52(48)49-35-45(33-34-50(49)54-51)53(43-29-25-39(26-30-43)37-13-5-2-6-14-37)44-31-27-41(28-32-44)47-18-9-16-40-15-7-8-17-46(40)47/h1-35H. The molecule has 0 bridgehead atoms. The smallest absolute Gasteiger partial charge is 0.0468 e. The van der Waals surface area contributed by atoms with Crippen LogP contribution < -0.4 is 4.90 Å². The molecule has 9 aromatic carbocycles. The van der Waals surface area contributed by atoms with Crippen molar-refractivity contribution >= 4 is 59.3 Å². The molecule has 0 N–H and O–H groups in total. The fourth-order valence-corrected chi connectivity index (χ4v) is 8.93.